The second kappa shape index (κ2) is 5.32. The number of hydrogen-bond donors (Lipinski definition) is 1. The number of carbonyl (C=O) groups is 1. The minimum Gasteiger partial charge on any atom is -0.481 e. The molecular weight excluding hydrogens is 258 g/mol. The van der Waals surface area contributed by atoms with Crippen LogP contribution in [0.15, 0.2) is 18.2 Å². The fourth-order valence-electron chi connectivity index (χ4n) is 2.92. The van der Waals surface area contributed by atoms with Crippen LogP contribution in [0.5, 0.6) is 11.5 Å². The first-order valence-corrected chi connectivity index (χ1v) is 7.01. The lowest BCUT2D eigenvalue weighted by atomic mass is 9.95. The summed E-state index contributed by atoms with van der Waals surface area (Å²) in [7, 11) is 0. The maximum absolute atomic E-state index is 11.0. The first-order chi connectivity index (χ1) is 9.65. The van der Waals surface area contributed by atoms with E-state index >= 15 is 0 Å². The van der Waals surface area contributed by atoms with E-state index < -0.39 is 5.97 Å². The molecule has 1 aromatic rings. The molecule has 108 valence electrons. The van der Waals surface area contributed by atoms with Crippen molar-refractivity contribution >= 4 is 5.97 Å². The Balaban J connectivity index is 1.67. The molecule has 1 aromatic carbocycles. The summed E-state index contributed by atoms with van der Waals surface area (Å²) < 4.78 is 10.7. The third-order valence-corrected chi connectivity index (χ3v) is 4.31. The summed E-state index contributed by atoms with van der Waals surface area (Å²) in [5, 5.41) is 9.04. The Bertz CT molecular complexity index is 509. The molecule has 5 heteroatoms. The Kier molecular flexibility index (Phi) is 3.53. The van der Waals surface area contributed by atoms with E-state index in [0.29, 0.717) is 0 Å². The molecule has 2 aliphatic heterocycles. The molecule has 1 atom stereocenters. The Morgan fingerprint density at radius 3 is 2.70 bits per heavy atom. The van der Waals surface area contributed by atoms with Crippen LogP contribution in [0.25, 0.3) is 0 Å². The highest BCUT2D eigenvalue weighted by atomic mass is 16.7. The van der Waals surface area contributed by atoms with E-state index in [2.05, 4.69) is 17.9 Å². The van der Waals surface area contributed by atoms with Gasteiger partial charge in [-0.05, 0) is 50.6 Å². The Morgan fingerprint density at radius 1 is 1.30 bits per heavy atom. The number of carboxylic acids is 1. The van der Waals surface area contributed by atoms with Crippen molar-refractivity contribution < 1.29 is 19.4 Å². The number of benzene rings is 1. The highest BCUT2D eigenvalue weighted by molar-refractivity contribution is 5.70. The molecular formula is C15H19NO4. The van der Waals surface area contributed by atoms with Crippen LogP contribution in [-0.4, -0.2) is 35.9 Å². The van der Waals surface area contributed by atoms with Crippen LogP contribution in [0.1, 0.15) is 31.4 Å². The zero-order valence-corrected chi connectivity index (χ0v) is 11.5. The van der Waals surface area contributed by atoms with Crippen LogP contribution in [0.2, 0.25) is 0 Å². The van der Waals surface area contributed by atoms with E-state index in [0.717, 1.165) is 37.4 Å². The number of rotatable bonds is 3. The highest BCUT2D eigenvalue weighted by Gasteiger charge is 2.28. The minimum atomic E-state index is -0.666. The van der Waals surface area contributed by atoms with Gasteiger partial charge in [0.05, 0.1) is 5.92 Å². The highest BCUT2D eigenvalue weighted by Crippen LogP contribution is 2.36. The predicted molar refractivity (Wildman–Crippen MR) is 72.9 cm³/mol. The van der Waals surface area contributed by atoms with Gasteiger partial charge in [-0.3, -0.25) is 9.69 Å². The smallest absolute Gasteiger partial charge is 0.306 e. The van der Waals surface area contributed by atoms with Gasteiger partial charge >= 0.3 is 5.97 Å². The Labute approximate surface area is 118 Å². The van der Waals surface area contributed by atoms with Crippen molar-refractivity contribution in [3.05, 3.63) is 23.8 Å². The van der Waals surface area contributed by atoms with Gasteiger partial charge in [0.1, 0.15) is 0 Å². The average molecular weight is 277 g/mol. The van der Waals surface area contributed by atoms with Crippen LogP contribution in [-0.2, 0) is 4.79 Å². The standard InChI is InChI=1S/C15H19NO4/c1-10(16-6-4-11(5-7-16)15(17)18)12-2-3-13-14(8-12)20-9-19-13/h2-3,8,10-11H,4-7,9H2,1H3,(H,17,18). The number of ether oxygens (including phenoxy) is 2. The molecule has 20 heavy (non-hydrogen) atoms. The number of aliphatic carboxylic acids is 1. The van der Waals surface area contributed by atoms with Gasteiger partial charge in [0.25, 0.3) is 0 Å². The zero-order chi connectivity index (χ0) is 14.1. The number of nitrogens with zero attached hydrogens (tertiary/aromatic N) is 1. The molecule has 1 N–H and O–H groups in total. The fourth-order valence-corrected chi connectivity index (χ4v) is 2.92. The molecule has 1 unspecified atom stereocenters. The van der Waals surface area contributed by atoms with Gasteiger partial charge in [0, 0.05) is 6.04 Å². The fraction of sp³-hybridized carbons (Fsp3) is 0.533. The van der Waals surface area contributed by atoms with E-state index in [1.165, 1.54) is 5.56 Å². The van der Waals surface area contributed by atoms with Gasteiger partial charge in [0.15, 0.2) is 11.5 Å². The summed E-state index contributed by atoms with van der Waals surface area (Å²) in [5.41, 5.74) is 1.18. The molecule has 2 heterocycles. The van der Waals surface area contributed by atoms with Crippen LogP contribution >= 0.6 is 0 Å². The molecule has 0 saturated carbocycles. The summed E-state index contributed by atoms with van der Waals surface area (Å²) in [5.74, 6) is 0.746. The second-order valence-corrected chi connectivity index (χ2v) is 5.44. The third kappa shape index (κ3) is 2.45. The summed E-state index contributed by atoms with van der Waals surface area (Å²) in [6.45, 7) is 4.09. The van der Waals surface area contributed by atoms with E-state index in [-0.39, 0.29) is 18.8 Å². The van der Waals surface area contributed by atoms with E-state index in [4.69, 9.17) is 14.6 Å². The Hall–Kier alpha value is -1.75. The number of fused-ring (bicyclic) bond motifs is 1. The molecule has 1 fully saturated rings. The van der Waals surface area contributed by atoms with Gasteiger partial charge < -0.3 is 14.6 Å². The predicted octanol–water partition coefficient (Wildman–Crippen LogP) is 2.27. The molecule has 0 spiro atoms. The number of hydrogen-bond acceptors (Lipinski definition) is 4. The van der Waals surface area contributed by atoms with Crippen LogP contribution in [0.4, 0.5) is 0 Å². The number of likely N-dealkylation sites (tertiary alicyclic amines) is 1. The molecule has 0 amide bonds. The van der Waals surface area contributed by atoms with Crippen molar-refractivity contribution in [2.45, 2.75) is 25.8 Å². The van der Waals surface area contributed by atoms with E-state index in [1.807, 2.05) is 12.1 Å². The van der Waals surface area contributed by atoms with Gasteiger partial charge in [-0.25, -0.2) is 0 Å². The van der Waals surface area contributed by atoms with E-state index in [9.17, 15) is 4.79 Å². The summed E-state index contributed by atoms with van der Waals surface area (Å²) >= 11 is 0. The summed E-state index contributed by atoms with van der Waals surface area (Å²) in [6.07, 6.45) is 1.45. The lowest BCUT2D eigenvalue weighted by Gasteiger charge is -2.35. The normalized spacial score (nSPS) is 20.9. The molecule has 1 saturated heterocycles. The van der Waals surface area contributed by atoms with Gasteiger partial charge in [-0.1, -0.05) is 6.07 Å². The average Bonchev–Trinajstić information content (AvgIpc) is 2.94. The minimum absolute atomic E-state index is 0.185. The van der Waals surface area contributed by atoms with Crippen molar-refractivity contribution in [3.63, 3.8) is 0 Å². The largest absolute Gasteiger partial charge is 0.481 e. The molecule has 2 aliphatic rings. The molecule has 0 bridgehead atoms. The number of piperidine rings is 1. The van der Waals surface area contributed by atoms with Gasteiger partial charge in [-0.2, -0.15) is 0 Å². The van der Waals surface area contributed by atoms with Gasteiger partial charge in [0.2, 0.25) is 6.79 Å². The van der Waals surface area contributed by atoms with Crippen LogP contribution < -0.4 is 9.47 Å². The van der Waals surface area contributed by atoms with Crippen molar-refractivity contribution in [1.29, 1.82) is 0 Å². The lowest BCUT2D eigenvalue weighted by molar-refractivity contribution is -0.143. The maximum atomic E-state index is 11.0. The van der Waals surface area contributed by atoms with Crippen LogP contribution in [0.3, 0.4) is 0 Å². The Morgan fingerprint density at radius 2 is 2.00 bits per heavy atom. The molecule has 5 nitrogen and oxygen atoms in total. The van der Waals surface area contributed by atoms with Gasteiger partial charge in [-0.15, -0.1) is 0 Å². The SMILES string of the molecule is CC(c1ccc2c(c1)OCO2)N1CCC(C(=O)O)CC1. The topological polar surface area (TPSA) is 59.0 Å². The first kappa shape index (κ1) is 13.2. The molecule has 3 rings (SSSR count). The quantitative estimate of drug-likeness (QED) is 0.918. The van der Waals surface area contributed by atoms with Crippen molar-refractivity contribution in [2.75, 3.05) is 19.9 Å². The van der Waals surface area contributed by atoms with Crippen molar-refractivity contribution in [2.24, 2.45) is 5.92 Å². The van der Waals surface area contributed by atoms with Crippen molar-refractivity contribution in [3.8, 4) is 11.5 Å². The first-order valence-electron chi connectivity index (χ1n) is 7.01. The molecule has 0 aromatic heterocycles. The second-order valence-electron chi connectivity index (χ2n) is 5.44. The third-order valence-electron chi connectivity index (χ3n) is 4.31. The van der Waals surface area contributed by atoms with E-state index in [1.54, 1.807) is 0 Å². The maximum Gasteiger partial charge on any atom is 0.306 e. The van der Waals surface area contributed by atoms with Crippen molar-refractivity contribution in [1.82, 2.24) is 4.90 Å². The van der Waals surface area contributed by atoms with Crippen LogP contribution in [0, 0.1) is 5.92 Å². The lowest BCUT2D eigenvalue weighted by Crippen LogP contribution is -2.37. The summed E-state index contributed by atoms with van der Waals surface area (Å²) in [6, 6.07) is 6.29. The molecule has 0 radical (unpaired) electrons. The molecule has 0 aliphatic carbocycles. The monoisotopic (exact) mass is 277 g/mol. The zero-order valence-electron chi connectivity index (χ0n) is 11.5. The number of carboxylic acid groups (broad SMARTS) is 1. The summed E-state index contributed by atoms with van der Waals surface area (Å²) in [4.78, 5) is 13.3.